The van der Waals surface area contributed by atoms with Gasteiger partial charge >= 0.3 is 0 Å². The molecule has 3 N–H and O–H groups in total. The highest BCUT2D eigenvalue weighted by atomic mass is 35.5. The molecule has 6 nitrogen and oxygen atoms in total. The number of hydrogen-bond acceptors (Lipinski definition) is 4. The lowest BCUT2D eigenvalue weighted by molar-refractivity contribution is -0.121. The van der Waals surface area contributed by atoms with Gasteiger partial charge in [-0.3, -0.25) is 9.59 Å². The van der Waals surface area contributed by atoms with Crippen molar-refractivity contribution in [3.63, 3.8) is 0 Å². The minimum Gasteiger partial charge on any atom is -0.352 e. The zero-order valence-corrected chi connectivity index (χ0v) is 18.5. The van der Waals surface area contributed by atoms with Gasteiger partial charge in [-0.1, -0.05) is 12.1 Å². The van der Waals surface area contributed by atoms with E-state index in [1.165, 1.54) is 0 Å². The van der Waals surface area contributed by atoms with Gasteiger partial charge in [0.15, 0.2) is 0 Å². The molecule has 2 amide bonds. The van der Waals surface area contributed by atoms with E-state index in [4.69, 9.17) is 0 Å². The van der Waals surface area contributed by atoms with Crippen LogP contribution in [-0.4, -0.2) is 57.0 Å². The highest BCUT2D eigenvalue weighted by Gasteiger charge is 2.14. The highest BCUT2D eigenvalue weighted by Crippen LogP contribution is 2.17. The van der Waals surface area contributed by atoms with E-state index in [2.05, 4.69) is 16.0 Å². The third kappa shape index (κ3) is 10.3. The Morgan fingerprint density at radius 2 is 1.86 bits per heavy atom. The van der Waals surface area contributed by atoms with Crippen molar-refractivity contribution in [2.24, 2.45) is 5.92 Å². The van der Waals surface area contributed by atoms with Crippen molar-refractivity contribution in [2.45, 2.75) is 32.2 Å². The van der Waals surface area contributed by atoms with Crippen LogP contribution in [0.2, 0.25) is 0 Å². The molecular weight excluding hydrogens is 399 g/mol. The molecule has 1 aromatic carbocycles. The molecule has 0 aromatic heterocycles. The first kappa shape index (κ1) is 26.7. The van der Waals surface area contributed by atoms with Crippen LogP contribution in [0.15, 0.2) is 24.3 Å². The summed E-state index contributed by atoms with van der Waals surface area (Å²) in [7, 11) is 3.95. The van der Waals surface area contributed by atoms with Gasteiger partial charge in [0.2, 0.25) is 5.91 Å². The van der Waals surface area contributed by atoms with Gasteiger partial charge in [0.1, 0.15) is 0 Å². The van der Waals surface area contributed by atoms with E-state index >= 15 is 0 Å². The number of benzene rings is 1. The molecule has 0 radical (unpaired) electrons. The maximum Gasteiger partial charge on any atom is 0.251 e. The standard InChI is InChI=1S/C20H32N4O2.2ClH/c1-24(2)13-12-22-20(26)18-5-3-4-17(14-18)15-23-19(25)7-6-16-8-10-21-11-9-16;;/h3-5,14,16,21H,6-13,15H2,1-2H3,(H,22,26)(H,23,25);2*1H. The molecule has 1 aliphatic heterocycles. The van der Waals surface area contributed by atoms with Crippen molar-refractivity contribution in [3.8, 4) is 0 Å². The molecule has 0 bridgehead atoms. The molecule has 2 rings (SSSR count). The molecular formula is C20H34Cl2N4O2. The number of carbonyl (C=O) groups is 2. The summed E-state index contributed by atoms with van der Waals surface area (Å²) >= 11 is 0. The maximum atomic E-state index is 12.2. The Labute approximate surface area is 181 Å². The van der Waals surface area contributed by atoms with Crippen LogP contribution >= 0.6 is 24.8 Å². The monoisotopic (exact) mass is 432 g/mol. The second kappa shape index (κ2) is 14.6. The third-order valence-electron chi connectivity index (χ3n) is 4.76. The fraction of sp³-hybridized carbons (Fsp3) is 0.600. The largest absolute Gasteiger partial charge is 0.352 e. The molecule has 1 aromatic rings. The van der Waals surface area contributed by atoms with Crippen LogP contribution in [0.1, 0.15) is 41.6 Å². The number of carbonyl (C=O) groups excluding carboxylic acids is 2. The van der Waals surface area contributed by atoms with E-state index in [0.717, 1.165) is 44.5 Å². The average Bonchev–Trinajstić information content (AvgIpc) is 2.65. The number of halogens is 2. The number of hydrogen-bond donors (Lipinski definition) is 3. The topological polar surface area (TPSA) is 73.5 Å². The van der Waals surface area contributed by atoms with E-state index < -0.39 is 0 Å². The van der Waals surface area contributed by atoms with Crippen molar-refractivity contribution < 1.29 is 9.59 Å². The van der Waals surface area contributed by atoms with Crippen LogP contribution in [0.3, 0.4) is 0 Å². The Bertz CT molecular complexity index is 593. The second-order valence-electron chi connectivity index (χ2n) is 7.27. The Kier molecular flexibility index (Phi) is 13.9. The highest BCUT2D eigenvalue weighted by molar-refractivity contribution is 5.94. The Morgan fingerprint density at radius 1 is 1.14 bits per heavy atom. The molecule has 160 valence electrons. The van der Waals surface area contributed by atoms with E-state index in [1.807, 2.05) is 37.2 Å². The summed E-state index contributed by atoms with van der Waals surface area (Å²) < 4.78 is 0. The zero-order valence-electron chi connectivity index (χ0n) is 16.8. The smallest absolute Gasteiger partial charge is 0.251 e. The Balaban J connectivity index is 0.00000364. The van der Waals surface area contributed by atoms with Gasteiger partial charge in [-0.05, 0) is 70.1 Å². The molecule has 0 unspecified atom stereocenters. The van der Waals surface area contributed by atoms with Gasteiger partial charge in [0.25, 0.3) is 5.91 Å². The molecule has 1 fully saturated rings. The first-order valence-electron chi connectivity index (χ1n) is 9.54. The minimum absolute atomic E-state index is 0. The predicted molar refractivity (Wildman–Crippen MR) is 118 cm³/mol. The van der Waals surface area contributed by atoms with Crippen LogP contribution in [-0.2, 0) is 11.3 Å². The molecule has 28 heavy (non-hydrogen) atoms. The Hall–Kier alpha value is -1.34. The molecule has 1 heterocycles. The van der Waals surface area contributed by atoms with Gasteiger partial charge in [0.05, 0.1) is 0 Å². The number of nitrogens with zero attached hydrogens (tertiary/aromatic N) is 1. The zero-order chi connectivity index (χ0) is 18.8. The van der Waals surface area contributed by atoms with Gasteiger partial charge in [-0.25, -0.2) is 0 Å². The molecule has 0 saturated carbocycles. The van der Waals surface area contributed by atoms with E-state index in [9.17, 15) is 9.59 Å². The summed E-state index contributed by atoms with van der Waals surface area (Å²) in [6, 6.07) is 7.44. The fourth-order valence-electron chi connectivity index (χ4n) is 3.11. The van der Waals surface area contributed by atoms with Crippen molar-refractivity contribution >= 4 is 36.6 Å². The number of piperidine rings is 1. The van der Waals surface area contributed by atoms with Crippen LogP contribution in [0.25, 0.3) is 0 Å². The molecule has 8 heteroatoms. The van der Waals surface area contributed by atoms with Gasteiger partial charge < -0.3 is 20.9 Å². The molecule has 0 atom stereocenters. The van der Waals surface area contributed by atoms with E-state index in [-0.39, 0.29) is 36.6 Å². The molecule has 0 spiro atoms. The number of amides is 2. The second-order valence-corrected chi connectivity index (χ2v) is 7.27. The van der Waals surface area contributed by atoms with Crippen molar-refractivity contribution in [3.05, 3.63) is 35.4 Å². The molecule has 1 aliphatic rings. The summed E-state index contributed by atoms with van der Waals surface area (Å²) in [5.41, 5.74) is 1.57. The normalized spacial score (nSPS) is 14.0. The first-order chi connectivity index (χ1) is 12.5. The lowest BCUT2D eigenvalue weighted by Crippen LogP contribution is -2.31. The van der Waals surface area contributed by atoms with Gasteiger partial charge in [-0.2, -0.15) is 0 Å². The quantitative estimate of drug-likeness (QED) is 0.559. The van der Waals surface area contributed by atoms with Gasteiger partial charge in [0, 0.05) is 31.6 Å². The SMILES string of the molecule is CN(C)CCNC(=O)c1cccc(CNC(=O)CCC2CCNCC2)c1.Cl.Cl. The summed E-state index contributed by atoms with van der Waals surface area (Å²) in [6.07, 6.45) is 3.87. The lowest BCUT2D eigenvalue weighted by Gasteiger charge is -2.22. The number of likely N-dealkylation sites (N-methyl/N-ethyl adjacent to an activating group) is 1. The number of nitrogens with one attached hydrogen (secondary N) is 3. The van der Waals surface area contributed by atoms with Crippen molar-refractivity contribution in [2.75, 3.05) is 40.3 Å². The van der Waals surface area contributed by atoms with E-state index in [1.54, 1.807) is 6.07 Å². The summed E-state index contributed by atoms with van der Waals surface area (Å²) in [6.45, 7) is 4.01. The van der Waals surface area contributed by atoms with Gasteiger partial charge in [-0.15, -0.1) is 24.8 Å². The lowest BCUT2D eigenvalue weighted by atomic mass is 9.93. The van der Waals surface area contributed by atoms with Crippen molar-refractivity contribution in [1.82, 2.24) is 20.9 Å². The van der Waals surface area contributed by atoms with Crippen LogP contribution in [0.4, 0.5) is 0 Å². The first-order valence-corrected chi connectivity index (χ1v) is 9.54. The van der Waals surface area contributed by atoms with Crippen LogP contribution < -0.4 is 16.0 Å². The number of rotatable bonds is 9. The summed E-state index contributed by atoms with van der Waals surface area (Å²) in [5.74, 6) is 0.673. The maximum absolute atomic E-state index is 12.2. The Morgan fingerprint density at radius 3 is 2.54 bits per heavy atom. The third-order valence-corrected chi connectivity index (χ3v) is 4.76. The summed E-state index contributed by atoms with van der Waals surface area (Å²) in [4.78, 5) is 26.3. The van der Waals surface area contributed by atoms with Crippen molar-refractivity contribution in [1.29, 1.82) is 0 Å². The predicted octanol–water partition coefficient (Wildman–Crippen LogP) is 2.22. The molecule has 1 saturated heterocycles. The van der Waals surface area contributed by atoms with E-state index in [0.29, 0.717) is 31.0 Å². The average molecular weight is 433 g/mol. The fourth-order valence-corrected chi connectivity index (χ4v) is 3.11. The van der Waals surface area contributed by atoms with Crippen LogP contribution in [0, 0.1) is 5.92 Å². The van der Waals surface area contributed by atoms with Crippen LogP contribution in [0.5, 0.6) is 0 Å². The summed E-state index contributed by atoms with van der Waals surface area (Å²) in [5, 5.41) is 9.22. The molecule has 0 aliphatic carbocycles. The minimum atomic E-state index is -0.0778.